The van der Waals surface area contributed by atoms with Gasteiger partial charge in [-0.25, -0.2) is 0 Å². The Labute approximate surface area is 181 Å². The van der Waals surface area contributed by atoms with Gasteiger partial charge in [0.25, 0.3) is 0 Å². The summed E-state index contributed by atoms with van der Waals surface area (Å²) < 4.78 is 0. The fraction of sp³-hybridized carbons (Fsp3) is 0.391. The molecule has 154 valence electrons. The van der Waals surface area contributed by atoms with Crippen LogP contribution in [0.4, 0.5) is 5.69 Å². The monoisotopic (exact) mass is 432 g/mol. The number of rotatable bonds is 5. The van der Waals surface area contributed by atoms with Crippen LogP contribution >= 0.6 is 23.2 Å². The van der Waals surface area contributed by atoms with E-state index in [9.17, 15) is 9.59 Å². The van der Waals surface area contributed by atoms with Crippen molar-refractivity contribution >= 4 is 41.1 Å². The number of hydrogen-bond acceptors (Lipinski definition) is 3. The molecule has 29 heavy (non-hydrogen) atoms. The number of hydrogen-bond donors (Lipinski definition) is 2. The number of nitrogen functional groups attached to an aromatic ring is 1. The number of nitrogens with two attached hydrogens (primary N) is 1. The van der Waals surface area contributed by atoms with Crippen molar-refractivity contribution < 1.29 is 9.59 Å². The van der Waals surface area contributed by atoms with Crippen LogP contribution in [-0.2, 0) is 15.0 Å². The highest BCUT2D eigenvalue weighted by Gasteiger charge is 2.51. The number of anilines is 1. The molecular weight excluding hydrogens is 407 g/mol. The Morgan fingerprint density at radius 2 is 1.93 bits per heavy atom. The van der Waals surface area contributed by atoms with Gasteiger partial charge in [-0.05, 0) is 53.6 Å². The zero-order chi connectivity index (χ0) is 21.2. The second-order valence-corrected chi connectivity index (χ2v) is 9.10. The highest BCUT2D eigenvalue weighted by molar-refractivity contribution is 6.31. The molecule has 2 aromatic rings. The highest BCUT2D eigenvalue weighted by atomic mass is 35.5. The summed E-state index contributed by atoms with van der Waals surface area (Å²) in [4.78, 5) is 25.6. The molecule has 0 unspecified atom stereocenters. The Hall–Kier alpha value is -2.04. The molecule has 4 nitrogen and oxygen atoms in total. The minimum absolute atomic E-state index is 0.0833. The third-order valence-corrected chi connectivity index (χ3v) is 6.34. The summed E-state index contributed by atoms with van der Waals surface area (Å²) in [5.74, 6) is -0.268. The molecule has 1 aliphatic rings. The van der Waals surface area contributed by atoms with Gasteiger partial charge in [0.05, 0.1) is 5.41 Å². The SMILES string of the molecule is CC(C)C[C@@H]1CNC(=O)C[C@H](c2cccc(Cl)c2)[C@]1(C=O)c1ccc(Cl)cc1N. The van der Waals surface area contributed by atoms with Gasteiger partial charge >= 0.3 is 0 Å². The predicted octanol–water partition coefficient (Wildman–Crippen LogP) is 4.98. The summed E-state index contributed by atoms with van der Waals surface area (Å²) >= 11 is 12.4. The smallest absolute Gasteiger partial charge is 0.220 e. The maximum atomic E-state index is 13.0. The first kappa shape index (κ1) is 21.7. The van der Waals surface area contributed by atoms with E-state index in [1.54, 1.807) is 18.2 Å². The van der Waals surface area contributed by atoms with E-state index in [0.717, 1.165) is 18.3 Å². The molecular formula is C23H26Cl2N2O2. The van der Waals surface area contributed by atoms with Crippen molar-refractivity contribution in [2.45, 2.75) is 38.0 Å². The maximum Gasteiger partial charge on any atom is 0.220 e. The topological polar surface area (TPSA) is 72.2 Å². The van der Waals surface area contributed by atoms with Crippen molar-refractivity contribution in [3.05, 3.63) is 63.6 Å². The molecule has 1 saturated heterocycles. The van der Waals surface area contributed by atoms with Crippen molar-refractivity contribution in [1.29, 1.82) is 0 Å². The molecule has 0 saturated carbocycles. The second-order valence-electron chi connectivity index (χ2n) is 8.22. The normalized spacial score (nSPS) is 24.8. The molecule has 1 fully saturated rings. The number of aldehydes is 1. The average molecular weight is 433 g/mol. The minimum Gasteiger partial charge on any atom is -0.398 e. The highest BCUT2D eigenvalue weighted by Crippen LogP contribution is 2.50. The first-order valence-corrected chi connectivity index (χ1v) is 10.6. The van der Waals surface area contributed by atoms with Gasteiger partial charge in [0.15, 0.2) is 0 Å². The summed E-state index contributed by atoms with van der Waals surface area (Å²) in [7, 11) is 0. The first-order chi connectivity index (χ1) is 13.8. The van der Waals surface area contributed by atoms with E-state index in [0.29, 0.717) is 33.8 Å². The van der Waals surface area contributed by atoms with Crippen molar-refractivity contribution in [3.63, 3.8) is 0 Å². The molecule has 0 radical (unpaired) electrons. The molecule has 0 spiro atoms. The van der Waals surface area contributed by atoms with Gasteiger partial charge in [-0.3, -0.25) is 4.79 Å². The largest absolute Gasteiger partial charge is 0.398 e. The Morgan fingerprint density at radius 1 is 1.21 bits per heavy atom. The van der Waals surface area contributed by atoms with E-state index in [4.69, 9.17) is 28.9 Å². The van der Waals surface area contributed by atoms with E-state index < -0.39 is 11.3 Å². The number of benzene rings is 2. The van der Waals surface area contributed by atoms with E-state index in [1.807, 2.05) is 24.3 Å². The number of amides is 1. The molecule has 2 aromatic carbocycles. The lowest BCUT2D eigenvalue weighted by atomic mass is 9.59. The van der Waals surface area contributed by atoms with Gasteiger partial charge in [-0.2, -0.15) is 0 Å². The van der Waals surface area contributed by atoms with Crippen molar-refractivity contribution in [3.8, 4) is 0 Å². The quantitative estimate of drug-likeness (QED) is 0.516. The van der Waals surface area contributed by atoms with E-state index in [1.165, 1.54) is 0 Å². The predicted molar refractivity (Wildman–Crippen MR) is 118 cm³/mol. The van der Waals surface area contributed by atoms with Crippen LogP contribution in [0.2, 0.25) is 10.0 Å². The Bertz CT molecular complexity index is 916. The van der Waals surface area contributed by atoms with Gasteiger partial charge < -0.3 is 15.8 Å². The Balaban J connectivity index is 2.30. The summed E-state index contributed by atoms with van der Waals surface area (Å²) in [6.45, 7) is 4.64. The van der Waals surface area contributed by atoms with Gasteiger partial charge in [0.2, 0.25) is 5.91 Å². The van der Waals surface area contributed by atoms with Gasteiger partial charge in [-0.1, -0.05) is 55.2 Å². The average Bonchev–Trinajstić information content (AvgIpc) is 2.79. The second kappa shape index (κ2) is 8.76. The van der Waals surface area contributed by atoms with Crippen LogP contribution < -0.4 is 11.1 Å². The molecule has 0 aliphatic carbocycles. The van der Waals surface area contributed by atoms with Crippen molar-refractivity contribution in [1.82, 2.24) is 5.32 Å². The maximum absolute atomic E-state index is 13.0. The minimum atomic E-state index is -0.983. The molecule has 1 heterocycles. The molecule has 6 heteroatoms. The first-order valence-electron chi connectivity index (χ1n) is 9.82. The zero-order valence-corrected chi connectivity index (χ0v) is 18.1. The Morgan fingerprint density at radius 3 is 2.55 bits per heavy atom. The number of halogens is 2. The Kier molecular flexibility index (Phi) is 6.55. The van der Waals surface area contributed by atoms with Gasteiger partial charge in [-0.15, -0.1) is 0 Å². The van der Waals surface area contributed by atoms with Crippen LogP contribution in [0.5, 0.6) is 0 Å². The van der Waals surface area contributed by atoms with Gasteiger partial charge in [0, 0.05) is 34.6 Å². The third-order valence-electron chi connectivity index (χ3n) is 5.87. The summed E-state index contributed by atoms with van der Waals surface area (Å²) in [6, 6.07) is 12.6. The van der Waals surface area contributed by atoms with Crippen molar-refractivity contribution in [2.75, 3.05) is 12.3 Å². The summed E-state index contributed by atoms with van der Waals surface area (Å²) in [6.07, 6.45) is 1.93. The lowest BCUT2D eigenvalue weighted by Gasteiger charge is -2.42. The van der Waals surface area contributed by atoms with E-state index in [2.05, 4.69) is 19.2 Å². The third kappa shape index (κ3) is 4.29. The number of carbonyl (C=O) groups excluding carboxylic acids is 2. The van der Waals surface area contributed by atoms with E-state index in [-0.39, 0.29) is 18.2 Å². The molecule has 3 atom stereocenters. The molecule has 0 aromatic heterocycles. The van der Waals surface area contributed by atoms with Crippen LogP contribution in [-0.4, -0.2) is 18.7 Å². The lowest BCUT2D eigenvalue weighted by Crippen LogP contribution is -2.45. The lowest BCUT2D eigenvalue weighted by molar-refractivity contribution is -0.121. The van der Waals surface area contributed by atoms with Crippen LogP contribution in [0.3, 0.4) is 0 Å². The molecule has 1 aliphatic heterocycles. The summed E-state index contributed by atoms with van der Waals surface area (Å²) in [5, 5.41) is 4.08. The zero-order valence-electron chi connectivity index (χ0n) is 16.6. The summed E-state index contributed by atoms with van der Waals surface area (Å²) in [5.41, 5.74) is 7.43. The fourth-order valence-electron chi connectivity index (χ4n) is 4.66. The standard InChI is InChI=1S/C23H26Cl2N2O2/c1-14(2)8-16-12-27-22(29)11-20(15-4-3-5-17(24)9-15)23(16,13-28)19-7-6-18(25)10-21(19)26/h3-7,9-10,13-14,16,20H,8,11-12,26H2,1-2H3,(H,27,29)/t16-,20-,23+/m1/s1. The van der Waals surface area contributed by atoms with Crippen LogP contribution in [0, 0.1) is 11.8 Å². The molecule has 1 amide bonds. The number of nitrogens with one attached hydrogen (secondary N) is 1. The van der Waals surface area contributed by atoms with Gasteiger partial charge in [0.1, 0.15) is 6.29 Å². The molecule has 0 bridgehead atoms. The molecule has 3 rings (SSSR count). The van der Waals surface area contributed by atoms with Crippen LogP contribution in [0.15, 0.2) is 42.5 Å². The van der Waals surface area contributed by atoms with E-state index >= 15 is 0 Å². The van der Waals surface area contributed by atoms with Crippen LogP contribution in [0.25, 0.3) is 0 Å². The number of carbonyl (C=O) groups is 2. The fourth-order valence-corrected chi connectivity index (χ4v) is 5.04. The van der Waals surface area contributed by atoms with Crippen LogP contribution in [0.1, 0.15) is 43.7 Å². The molecule has 3 N–H and O–H groups in total. The van der Waals surface area contributed by atoms with Crippen molar-refractivity contribution in [2.24, 2.45) is 11.8 Å².